The van der Waals surface area contributed by atoms with Crippen LogP contribution >= 0.6 is 24.8 Å². The Labute approximate surface area is 122 Å². The Morgan fingerprint density at radius 1 is 1.26 bits per heavy atom. The normalized spacial score (nSPS) is 16.6. The molecule has 2 rings (SSSR count). The zero-order valence-electron chi connectivity index (χ0n) is 10.4. The highest BCUT2D eigenvalue weighted by atomic mass is 35.5. The number of nitrogens with one attached hydrogen (secondary N) is 1. The molecule has 0 amide bonds. The maximum Gasteiger partial charge on any atom is 0.433 e. The first-order chi connectivity index (χ1) is 7.98. The number of rotatable bonds is 2. The first-order valence-corrected chi connectivity index (χ1v) is 5.49. The van der Waals surface area contributed by atoms with Crippen molar-refractivity contribution in [1.82, 2.24) is 20.0 Å². The molecule has 1 aliphatic rings. The minimum absolute atomic E-state index is 0. The second kappa shape index (κ2) is 7.33. The molecule has 0 spiro atoms. The summed E-state index contributed by atoms with van der Waals surface area (Å²) in [6, 6.07) is 0. The van der Waals surface area contributed by atoms with Gasteiger partial charge in [0.15, 0.2) is 0 Å². The SMILES string of the molecule is Cl.Cl.Cn1ncc(CN2CCNCC2)c1C(F)(F)F. The number of piperazine rings is 1. The lowest BCUT2D eigenvalue weighted by Crippen LogP contribution is -2.43. The molecule has 1 aliphatic heterocycles. The zero-order valence-corrected chi connectivity index (χ0v) is 12.0. The molecule has 19 heavy (non-hydrogen) atoms. The Balaban J connectivity index is 0.00000162. The van der Waals surface area contributed by atoms with Gasteiger partial charge in [-0.15, -0.1) is 24.8 Å². The lowest BCUT2D eigenvalue weighted by Gasteiger charge is -2.27. The third-order valence-electron chi connectivity index (χ3n) is 2.89. The fraction of sp³-hybridized carbons (Fsp3) is 0.700. The molecule has 0 saturated carbocycles. The van der Waals surface area contributed by atoms with Crippen LogP contribution in [0.25, 0.3) is 0 Å². The highest BCUT2D eigenvalue weighted by Crippen LogP contribution is 2.32. The third-order valence-corrected chi connectivity index (χ3v) is 2.89. The minimum Gasteiger partial charge on any atom is -0.314 e. The Hall–Kier alpha value is -0.500. The molecule has 0 aromatic carbocycles. The lowest BCUT2D eigenvalue weighted by molar-refractivity contribution is -0.144. The van der Waals surface area contributed by atoms with E-state index in [9.17, 15) is 13.2 Å². The van der Waals surface area contributed by atoms with Crippen LogP contribution in [0.5, 0.6) is 0 Å². The van der Waals surface area contributed by atoms with E-state index in [1.54, 1.807) is 0 Å². The van der Waals surface area contributed by atoms with Gasteiger partial charge in [0.05, 0.1) is 6.20 Å². The van der Waals surface area contributed by atoms with Crippen LogP contribution in [0.2, 0.25) is 0 Å². The maximum atomic E-state index is 12.8. The first kappa shape index (κ1) is 18.5. The van der Waals surface area contributed by atoms with Crippen LogP contribution in [0.4, 0.5) is 13.2 Å². The summed E-state index contributed by atoms with van der Waals surface area (Å²) in [7, 11) is 1.32. The van der Waals surface area contributed by atoms with Crippen LogP contribution in [0.1, 0.15) is 11.3 Å². The maximum absolute atomic E-state index is 12.8. The molecular formula is C10H17Cl2F3N4. The molecule has 1 saturated heterocycles. The van der Waals surface area contributed by atoms with Gasteiger partial charge in [-0.25, -0.2) is 0 Å². The molecule has 0 aliphatic carbocycles. The summed E-state index contributed by atoms with van der Waals surface area (Å²) >= 11 is 0. The van der Waals surface area contributed by atoms with Gasteiger partial charge in [-0.3, -0.25) is 9.58 Å². The van der Waals surface area contributed by atoms with E-state index in [1.165, 1.54) is 13.2 Å². The fourth-order valence-corrected chi connectivity index (χ4v) is 2.07. The van der Waals surface area contributed by atoms with Crippen molar-refractivity contribution in [2.45, 2.75) is 12.7 Å². The Morgan fingerprint density at radius 2 is 1.84 bits per heavy atom. The molecule has 0 atom stereocenters. The van der Waals surface area contributed by atoms with Gasteiger partial charge in [0.25, 0.3) is 0 Å². The molecule has 1 aromatic rings. The van der Waals surface area contributed by atoms with Crippen molar-refractivity contribution in [3.05, 3.63) is 17.5 Å². The van der Waals surface area contributed by atoms with E-state index >= 15 is 0 Å². The van der Waals surface area contributed by atoms with E-state index in [4.69, 9.17) is 0 Å². The number of nitrogens with zero attached hydrogens (tertiary/aromatic N) is 3. The summed E-state index contributed by atoms with van der Waals surface area (Å²) in [5.41, 5.74) is -0.391. The second-order valence-corrected chi connectivity index (χ2v) is 4.17. The molecule has 0 radical (unpaired) electrons. The lowest BCUT2D eigenvalue weighted by atomic mass is 10.2. The van der Waals surface area contributed by atoms with E-state index < -0.39 is 11.9 Å². The number of hydrogen-bond acceptors (Lipinski definition) is 3. The van der Waals surface area contributed by atoms with Gasteiger partial charge in [-0.05, 0) is 0 Å². The first-order valence-electron chi connectivity index (χ1n) is 5.49. The van der Waals surface area contributed by atoms with Gasteiger partial charge in [-0.2, -0.15) is 18.3 Å². The van der Waals surface area contributed by atoms with Crippen molar-refractivity contribution in [3.63, 3.8) is 0 Å². The molecule has 0 bridgehead atoms. The zero-order chi connectivity index (χ0) is 12.5. The molecule has 0 unspecified atom stereocenters. The van der Waals surface area contributed by atoms with Gasteiger partial charge in [-0.1, -0.05) is 0 Å². The summed E-state index contributed by atoms with van der Waals surface area (Å²) < 4.78 is 39.3. The van der Waals surface area contributed by atoms with Crippen LogP contribution in [-0.2, 0) is 19.8 Å². The Morgan fingerprint density at radius 3 is 2.37 bits per heavy atom. The van der Waals surface area contributed by atoms with Gasteiger partial charge < -0.3 is 5.32 Å². The Kier molecular flexibility index (Phi) is 7.13. The van der Waals surface area contributed by atoms with Crippen LogP contribution in [0.3, 0.4) is 0 Å². The molecular weight excluding hydrogens is 304 g/mol. The van der Waals surface area contributed by atoms with Crippen LogP contribution < -0.4 is 5.32 Å². The summed E-state index contributed by atoms with van der Waals surface area (Å²) in [6.45, 7) is 3.49. The van der Waals surface area contributed by atoms with Crippen molar-refractivity contribution in [1.29, 1.82) is 0 Å². The summed E-state index contributed by atoms with van der Waals surface area (Å²) in [5.74, 6) is 0. The predicted octanol–water partition coefficient (Wildman–Crippen LogP) is 1.69. The quantitative estimate of drug-likeness (QED) is 0.900. The fourth-order valence-electron chi connectivity index (χ4n) is 2.07. The summed E-state index contributed by atoms with van der Waals surface area (Å²) in [5, 5.41) is 6.87. The third kappa shape index (κ3) is 4.52. The van der Waals surface area contributed by atoms with Gasteiger partial charge >= 0.3 is 6.18 Å². The summed E-state index contributed by atoms with van der Waals surface area (Å²) in [4.78, 5) is 2.00. The minimum atomic E-state index is -4.34. The van der Waals surface area contributed by atoms with Crippen molar-refractivity contribution in [2.24, 2.45) is 7.05 Å². The number of aryl methyl sites for hydroxylation is 1. The van der Waals surface area contributed by atoms with Crippen LogP contribution in [-0.4, -0.2) is 40.9 Å². The standard InChI is InChI=1S/C10H15F3N4.2ClH/c1-16-9(10(11,12)13)8(6-15-16)7-17-4-2-14-3-5-17;;/h6,14H,2-5,7H2,1H3;2*1H. The molecule has 1 N–H and O–H groups in total. The average Bonchev–Trinajstić information content (AvgIpc) is 2.60. The summed E-state index contributed by atoms with van der Waals surface area (Å²) in [6.07, 6.45) is -3.03. The number of halogens is 5. The Bertz CT molecular complexity index is 389. The molecule has 9 heteroatoms. The molecule has 112 valence electrons. The number of hydrogen-bond donors (Lipinski definition) is 1. The van der Waals surface area contributed by atoms with Gasteiger partial charge in [0.2, 0.25) is 0 Å². The van der Waals surface area contributed by atoms with E-state index in [1.807, 2.05) is 4.90 Å². The number of alkyl halides is 3. The highest BCUT2D eigenvalue weighted by molar-refractivity contribution is 5.85. The topological polar surface area (TPSA) is 33.1 Å². The highest BCUT2D eigenvalue weighted by Gasteiger charge is 2.37. The molecule has 1 fully saturated rings. The van der Waals surface area contributed by atoms with E-state index in [-0.39, 0.29) is 30.4 Å². The molecule has 1 aromatic heterocycles. The largest absolute Gasteiger partial charge is 0.433 e. The van der Waals surface area contributed by atoms with Crippen molar-refractivity contribution in [2.75, 3.05) is 26.2 Å². The molecule has 2 heterocycles. The molecule has 4 nitrogen and oxygen atoms in total. The monoisotopic (exact) mass is 320 g/mol. The van der Waals surface area contributed by atoms with E-state index in [2.05, 4.69) is 10.4 Å². The van der Waals surface area contributed by atoms with Crippen LogP contribution in [0.15, 0.2) is 6.20 Å². The second-order valence-electron chi connectivity index (χ2n) is 4.17. The van der Waals surface area contributed by atoms with Crippen LogP contribution in [0, 0.1) is 0 Å². The average molecular weight is 321 g/mol. The van der Waals surface area contributed by atoms with Crippen molar-refractivity contribution < 1.29 is 13.2 Å². The number of aromatic nitrogens is 2. The van der Waals surface area contributed by atoms with Crippen molar-refractivity contribution >= 4 is 24.8 Å². The predicted molar refractivity (Wildman–Crippen MR) is 70.9 cm³/mol. The van der Waals surface area contributed by atoms with Crippen molar-refractivity contribution in [3.8, 4) is 0 Å². The van der Waals surface area contributed by atoms with E-state index in [0.29, 0.717) is 6.54 Å². The van der Waals surface area contributed by atoms with Gasteiger partial charge in [0.1, 0.15) is 5.69 Å². The van der Waals surface area contributed by atoms with E-state index in [0.717, 1.165) is 30.9 Å². The van der Waals surface area contributed by atoms with Gasteiger partial charge in [0, 0.05) is 45.3 Å². The smallest absolute Gasteiger partial charge is 0.314 e.